The molecule has 0 atom stereocenters. The molecule has 0 unspecified atom stereocenters. The van der Waals surface area contributed by atoms with Crippen LogP contribution < -0.4 is 5.32 Å². The fourth-order valence-electron chi connectivity index (χ4n) is 1.52. The van der Waals surface area contributed by atoms with Crippen molar-refractivity contribution in [3.8, 4) is 0 Å². The normalized spacial score (nSPS) is 12.2. The molecule has 1 aromatic rings. The van der Waals surface area contributed by atoms with E-state index >= 15 is 0 Å². The molecule has 0 aliphatic heterocycles. The lowest BCUT2D eigenvalue weighted by atomic mass is 10.1. The van der Waals surface area contributed by atoms with Crippen molar-refractivity contribution in [1.29, 1.82) is 0 Å². The number of amides is 1. The highest BCUT2D eigenvalue weighted by molar-refractivity contribution is 9.10. The zero-order valence-corrected chi connectivity index (χ0v) is 12.9. The predicted molar refractivity (Wildman–Crippen MR) is 72.2 cm³/mol. The molecule has 1 N–H and O–H groups in total. The van der Waals surface area contributed by atoms with Gasteiger partial charge in [-0.25, -0.2) is 4.79 Å². The number of benzene rings is 1. The molecule has 0 aliphatic carbocycles. The maximum Gasteiger partial charge on any atom is 0.417 e. The number of alkyl halides is 3. The number of carbonyl (C=O) groups is 1. The monoisotopic (exact) mass is 353 g/mol. The Morgan fingerprint density at radius 3 is 2.40 bits per heavy atom. The molecule has 0 fully saturated rings. The van der Waals surface area contributed by atoms with Crippen molar-refractivity contribution in [2.75, 3.05) is 0 Å². The van der Waals surface area contributed by atoms with Gasteiger partial charge in [-0.2, -0.15) is 13.2 Å². The molecule has 7 heteroatoms. The summed E-state index contributed by atoms with van der Waals surface area (Å²) < 4.78 is 43.7. The summed E-state index contributed by atoms with van der Waals surface area (Å²) in [6.45, 7) is 4.76. The van der Waals surface area contributed by atoms with Crippen LogP contribution in [0.3, 0.4) is 0 Å². The van der Waals surface area contributed by atoms with Crippen LogP contribution in [0.2, 0.25) is 0 Å². The minimum Gasteiger partial charge on any atom is -0.444 e. The van der Waals surface area contributed by atoms with Gasteiger partial charge in [-0.1, -0.05) is 28.1 Å². The number of hydrogen-bond donors (Lipinski definition) is 1. The van der Waals surface area contributed by atoms with Crippen LogP contribution in [0.15, 0.2) is 22.7 Å². The van der Waals surface area contributed by atoms with Crippen LogP contribution in [0.1, 0.15) is 31.9 Å². The molecular weight excluding hydrogens is 339 g/mol. The van der Waals surface area contributed by atoms with E-state index in [0.717, 1.165) is 0 Å². The van der Waals surface area contributed by atoms with Crippen LogP contribution in [0.5, 0.6) is 0 Å². The van der Waals surface area contributed by atoms with Crippen molar-refractivity contribution in [3.63, 3.8) is 0 Å². The maximum atomic E-state index is 12.9. The Morgan fingerprint density at radius 2 is 1.90 bits per heavy atom. The summed E-state index contributed by atoms with van der Waals surface area (Å²) in [5, 5.41) is 2.31. The highest BCUT2D eigenvalue weighted by atomic mass is 79.9. The Bertz CT molecular complexity index is 495. The molecule has 0 spiro atoms. The first kappa shape index (κ1) is 16.8. The lowest BCUT2D eigenvalue weighted by Gasteiger charge is -2.20. The van der Waals surface area contributed by atoms with Gasteiger partial charge < -0.3 is 10.1 Å². The molecule has 20 heavy (non-hydrogen) atoms. The minimum absolute atomic E-state index is 0.0299. The van der Waals surface area contributed by atoms with E-state index < -0.39 is 23.4 Å². The van der Waals surface area contributed by atoms with Crippen LogP contribution in [0.25, 0.3) is 0 Å². The van der Waals surface area contributed by atoms with Crippen molar-refractivity contribution in [1.82, 2.24) is 5.32 Å². The van der Waals surface area contributed by atoms with Crippen LogP contribution in [-0.2, 0) is 17.5 Å². The molecule has 0 radical (unpaired) electrons. The first-order valence-electron chi connectivity index (χ1n) is 5.82. The molecule has 0 bridgehead atoms. The lowest BCUT2D eigenvalue weighted by Crippen LogP contribution is -2.32. The Hall–Kier alpha value is -1.24. The second-order valence-electron chi connectivity index (χ2n) is 5.13. The zero-order valence-electron chi connectivity index (χ0n) is 11.3. The Balaban J connectivity index is 2.84. The van der Waals surface area contributed by atoms with Gasteiger partial charge in [0, 0.05) is 11.0 Å². The van der Waals surface area contributed by atoms with Gasteiger partial charge >= 0.3 is 12.3 Å². The van der Waals surface area contributed by atoms with Crippen LogP contribution in [0, 0.1) is 0 Å². The van der Waals surface area contributed by atoms with E-state index in [1.54, 1.807) is 20.8 Å². The molecule has 0 aromatic heterocycles. The number of alkyl carbamates (subject to hydrolysis) is 1. The molecule has 0 saturated heterocycles. The molecule has 1 rings (SSSR count). The van der Waals surface area contributed by atoms with Crippen LogP contribution >= 0.6 is 15.9 Å². The lowest BCUT2D eigenvalue weighted by molar-refractivity contribution is -0.138. The maximum absolute atomic E-state index is 12.9. The molecular formula is C13H15BrF3NO2. The highest BCUT2D eigenvalue weighted by Gasteiger charge is 2.35. The number of nitrogens with one attached hydrogen (secondary N) is 1. The Morgan fingerprint density at radius 1 is 1.30 bits per heavy atom. The summed E-state index contributed by atoms with van der Waals surface area (Å²) in [6.07, 6.45) is -5.25. The van der Waals surface area contributed by atoms with Gasteiger partial charge in [0.2, 0.25) is 0 Å². The van der Waals surface area contributed by atoms with Gasteiger partial charge in [0.05, 0.1) is 5.56 Å². The highest BCUT2D eigenvalue weighted by Crippen LogP contribution is 2.37. The third-order valence-corrected chi connectivity index (χ3v) is 2.87. The second-order valence-corrected chi connectivity index (χ2v) is 5.98. The Kier molecular flexibility index (Phi) is 5.07. The van der Waals surface area contributed by atoms with Gasteiger partial charge in [-0.05, 0) is 32.4 Å². The third-order valence-electron chi connectivity index (χ3n) is 2.21. The van der Waals surface area contributed by atoms with Crippen molar-refractivity contribution in [3.05, 3.63) is 33.8 Å². The molecule has 112 valence electrons. The summed E-state index contributed by atoms with van der Waals surface area (Å²) in [5.41, 5.74) is -1.53. The number of carbonyl (C=O) groups excluding carboxylic acids is 1. The van der Waals surface area contributed by atoms with Gasteiger partial charge in [0.1, 0.15) is 5.60 Å². The van der Waals surface area contributed by atoms with Crippen LogP contribution in [0.4, 0.5) is 18.0 Å². The number of halogens is 4. The Labute approximate surface area is 123 Å². The molecule has 0 saturated carbocycles. The van der Waals surface area contributed by atoms with Crippen molar-refractivity contribution >= 4 is 22.0 Å². The average molecular weight is 354 g/mol. The summed E-state index contributed by atoms with van der Waals surface area (Å²) in [5.74, 6) is 0. The van der Waals surface area contributed by atoms with E-state index in [2.05, 4.69) is 21.2 Å². The number of ether oxygens (including phenoxy) is 1. The largest absolute Gasteiger partial charge is 0.444 e. The van der Waals surface area contributed by atoms with Crippen LogP contribution in [-0.4, -0.2) is 11.7 Å². The van der Waals surface area contributed by atoms with Gasteiger partial charge in [0.25, 0.3) is 0 Å². The van der Waals surface area contributed by atoms with Gasteiger partial charge in [-0.15, -0.1) is 0 Å². The topological polar surface area (TPSA) is 38.3 Å². The molecule has 0 heterocycles. The number of rotatable bonds is 2. The first-order valence-corrected chi connectivity index (χ1v) is 6.61. The summed E-state index contributed by atoms with van der Waals surface area (Å²) in [4.78, 5) is 11.5. The molecule has 1 aromatic carbocycles. The fourth-order valence-corrected chi connectivity index (χ4v) is 2.15. The predicted octanol–water partition coefficient (Wildman–Crippen LogP) is 4.49. The van der Waals surface area contributed by atoms with Crippen molar-refractivity contribution in [2.45, 2.75) is 39.1 Å². The van der Waals surface area contributed by atoms with Crippen molar-refractivity contribution < 1.29 is 22.7 Å². The first-order chi connectivity index (χ1) is 9.00. The van der Waals surface area contributed by atoms with Gasteiger partial charge in [-0.3, -0.25) is 0 Å². The molecule has 0 aliphatic rings. The van der Waals surface area contributed by atoms with E-state index in [0.29, 0.717) is 0 Å². The van der Waals surface area contributed by atoms with E-state index in [9.17, 15) is 18.0 Å². The van der Waals surface area contributed by atoms with E-state index in [1.807, 2.05) is 0 Å². The van der Waals surface area contributed by atoms with E-state index in [4.69, 9.17) is 4.74 Å². The summed E-state index contributed by atoms with van der Waals surface area (Å²) in [7, 11) is 0. The van der Waals surface area contributed by atoms with E-state index in [-0.39, 0.29) is 16.6 Å². The third kappa shape index (κ3) is 5.03. The quantitative estimate of drug-likeness (QED) is 0.850. The average Bonchev–Trinajstić information content (AvgIpc) is 2.22. The zero-order chi connectivity index (χ0) is 15.6. The smallest absolute Gasteiger partial charge is 0.417 e. The molecule has 1 amide bonds. The molecule has 3 nitrogen and oxygen atoms in total. The van der Waals surface area contributed by atoms with E-state index in [1.165, 1.54) is 18.2 Å². The number of hydrogen-bond acceptors (Lipinski definition) is 2. The second kappa shape index (κ2) is 6.03. The minimum atomic E-state index is -4.50. The van der Waals surface area contributed by atoms with Crippen molar-refractivity contribution in [2.24, 2.45) is 0 Å². The SMILES string of the molecule is CC(C)(C)OC(=O)NCc1cccc(Br)c1C(F)(F)F. The summed E-state index contributed by atoms with van der Waals surface area (Å²) >= 11 is 2.87. The fraction of sp³-hybridized carbons (Fsp3) is 0.462. The summed E-state index contributed by atoms with van der Waals surface area (Å²) in [6, 6.07) is 4.09. The van der Waals surface area contributed by atoms with Gasteiger partial charge in [0.15, 0.2) is 0 Å². The standard InChI is InChI=1S/C13H15BrF3NO2/c1-12(2,3)20-11(19)18-7-8-5-4-6-9(14)10(8)13(15,16)17/h4-6H,7H2,1-3H3,(H,18,19).